The molecule has 0 N–H and O–H groups in total. The molecule has 3 aromatic carbocycles. The molecule has 3 aliphatic rings. The van der Waals surface area contributed by atoms with Crippen molar-refractivity contribution >= 4 is 17.9 Å². The van der Waals surface area contributed by atoms with Gasteiger partial charge >= 0.3 is 18.4 Å². The Morgan fingerprint density at radius 2 is 1.47 bits per heavy atom. The van der Waals surface area contributed by atoms with Gasteiger partial charge in [-0.25, -0.2) is 9.18 Å². The van der Waals surface area contributed by atoms with Crippen LogP contribution < -0.4 is 0 Å². The van der Waals surface area contributed by atoms with E-state index in [-0.39, 0.29) is 43.1 Å². The summed E-state index contributed by atoms with van der Waals surface area (Å²) in [6.07, 6.45) is -8.12. The summed E-state index contributed by atoms with van der Waals surface area (Å²) in [5.41, 5.74) is -3.37. The first-order valence-electron chi connectivity index (χ1n) is 20.6. The number of carbonyl (C=O) groups excluding carboxylic acids is 3. The summed E-state index contributed by atoms with van der Waals surface area (Å²) in [5.74, 6) is -1.77. The lowest BCUT2D eigenvalue weighted by Crippen LogP contribution is -2.50. The van der Waals surface area contributed by atoms with Crippen LogP contribution in [-0.4, -0.2) is 116 Å². The van der Waals surface area contributed by atoms with E-state index in [1.54, 1.807) is 39.8 Å². The van der Waals surface area contributed by atoms with Gasteiger partial charge in [-0.05, 0) is 113 Å². The van der Waals surface area contributed by atoms with Crippen molar-refractivity contribution in [2.45, 2.75) is 87.9 Å². The third-order valence-corrected chi connectivity index (χ3v) is 12.1. The SMILES string of the molecule is CN(CCCN(C)C(=O)OC(C)(C)C)C(=O)CO[C@H]1Cc2ccccc2C12CCN(CC[C@@]1(c3ccc(F)cc3)CN(C(=O)c3cc(C(F)(F)F)cc(C(F)(F)F)c3)CO1)CC2. The summed E-state index contributed by atoms with van der Waals surface area (Å²) >= 11 is 0. The van der Waals surface area contributed by atoms with E-state index in [9.17, 15) is 45.1 Å². The lowest BCUT2D eigenvalue weighted by atomic mass is 9.72. The van der Waals surface area contributed by atoms with Crippen LogP contribution in [0, 0.1) is 5.82 Å². The minimum Gasteiger partial charge on any atom is -0.444 e. The summed E-state index contributed by atoms with van der Waals surface area (Å²) < 4.78 is 114. The molecule has 2 heterocycles. The predicted molar refractivity (Wildman–Crippen MR) is 214 cm³/mol. The molecule has 2 aliphatic heterocycles. The fourth-order valence-corrected chi connectivity index (χ4v) is 8.68. The summed E-state index contributed by atoms with van der Waals surface area (Å²) in [4.78, 5) is 45.6. The lowest BCUT2D eigenvalue weighted by Gasteiger charge is -2.44. The van der Waals surface area contributed by atoms with Gasteiger partial charge in [-0.1, -0.05) is 36.4 Å². The van der Waals surface area contributed by atoms with E-state index in [0.717, 1.165) is 10.5 Å². The van der Waals surface area contributed by atoms with Crippen molar-refractivity contribution in [3.63, 3.8) is 0 Å². The van der Waals surface area contributed by atoms with E-state index < -0.39 is 64.8 Å². The van der Waals surface area contributed by atoms with Gasteiger partial charge in [-0.3, -0.25) is 9.59 Å². The standard InChI is InChI=1S/C45H53F7N4O6/c1-41(2,3)62-40(59)54(5)19-8-18-53(4)38(57)27-60-37-25-30-9-6-7-10-36(30)42(37)15-20-55(21-16-42)22-17-43(32-11-13-35(46)14-12-32)28-56(29-61-43)39(58)31-23-33(44(47,48)49)26-34(24-31)45(50,51)52/h6-7,9-14,23-24,26,37H,8,15-22,25,27-29H2,1-5H3/t37-,43-/m0/s1. The third kappa shape index (κ3) is 10.7. The highest BCUT2D eigenvalue weighted by Gasteiger charge is 2.50. The predicted octanol–water partition coefficient (Wildman–Crippen LogP) is 8.27. The first-order valence-corrected chi connectivity index (χ1v) is 20.6. The van der Waals surface area contributed by atoms with Gasteiger partial charge in [0.25, 0.3) is 5.91 Å². The van der Waals surface area contributed by atoms with Gasteiger partial charge in [-0.15, -0.1) is 0 Å². The maximum atomic E-state index is 14.1. The number of piperidine rings is 1. The van der Waals surface area contributed by atoms with Crippen LogP contribution in [-0.2, 0) is 48.8 Å². The van der Waals surface area contributed by atoms with Gasteiger partial charge in [0.1, 0.15) is 30.4 Å². The summed E-state index contributed by atoms with van der Waals surface area (Å²) in [5, 5.41) is 0. The van der Waals surface area contributed by atoms with Crippen molar-refractivity contribution in [2.75, 3.05) is 66.7 Å². The highest BCUT2D eigenvalue weighted by atomic mass is 19.4. The first-order chi connectivity index (χ1) is 29.0. The molecule has 2 fully saturated rings. The quantitative estimate of drug-likeness (QED) is 0.169. The van der Waals surface area contributed by atoms with E-state index in [1.165, 1.54) is 34.7 Å². The summed E-state index contributed by atoms with van der Waals surface area (Å²) in [6.45, 7) is 7.18. The molecule has 2 atom stereocenters. The number of hydrogen-bond acceptors (Lipinski definition) is 7. The molecule has 3 aromatic rings. The fourth-order valence-electron chi connectivity index (χ4n) is 8.68. The lowest BCUT2D eigenvalue weighted by molar-refractivity contribution is -0.143. The second-order valence-electron chi connectivity index (χ2n) is 17.6. The molecular weight excluding hydrogens is 826 g/mol. The van der Waals surface area contributed by atoms with Crippen molar-refractivity contribution in [1.82, 2.24) is 19.6 Å². The summed E-state index contributed by atoms with van der Waals surface area (Å²) in [6, 6.07) is 14.4. The van der Waals surface area contributed by atoms with Gasteiger partial charge in [0.15, 0.2) is 0 Å². The molecule has 3 amide bonds. The van der Waals surface area contributed by atoms with Crippen molar-refractivity contribution in [2.24, 2.45) is 0 Å². The highest BCUT2D eigenvalue weighted by molar-refractivity contribution is 5.95. The monoisotopic (exact) mass is 878 g/mol. The molecule has 17 heteroatoms. The van der Waals surface area contributed by atoms with Crippen LogP contribution in [0.1, 0.15) is 84.6 Å². The Bertz CT molecular complexity index is 2050. The molecule has 1 spiro atoms. The zero-order valence-corrected chi connectivity index (χ0v) is 35.5. The number of likely N-dealkylation sites (N-methyl/N-ethyl adjacent to an activating group) is 1. The van der Waals surface area contributed by atoms with Gasteiger partial charge in [0.05, 0.1) is 23.8 Å². The van der Waals surface area contributed by atoms with Crippen LogP contribution in [0.4, 0.5) is 35.5 Å². The van der Waals surface area contributed by atoms with E-state index in [2.05, 4.69) is 17.0 Å². The van der Waals surface area contributed by atoms with Crippen molar-refractivity contribution in [3.05, 3.63) is 106 Å². The van der Waals surface area contributed by atoms with Gasteiger partial charge < -0.3 is 33.8 Å². The van der Waals surface area contributed by atoms with E-state index >= 15 is 0 Å². The van der Waals surface area contributed by atoms with Crippen molar-refractivity contribution < 1.29 is 59.3 Å². The average Bonchev–Trinajstić information content (AvgIpc) is 3.78. The number of carbonyl (C=O) groups is 3. The third-order valence-electron chi connectivity index (χ3n) is 12.1. The number of alkyl halides is 6. The molecule has 2 saturated heterocycles. The topological polar surface area (TPSA) is 91.9 Å². The van der Waals surface area contributed by atoms with Gasteiger partial charge in [0.2, 0.25) is 5.91 Å². The number of fused-ring (bicyclic) bond motifs is 2. The molecule has 0 saturated carbocycles. The molecular formula is C45H53F7N4O6. The molecule has 0 unspecified atom stereocenters. The maximum absolute atomic E-state index is 14.1. The van der Waals surface area contributed by atoms with Crippen LogP contribution in [0.15, 0.2) is 66.7 Å². The molecule has 0 bridgehead atoms. The highest BCUT2D eigenvalue weighted by Crippen LogP contribution is 2.48. The molecule has 10 nitrogen and oxygen atoms in total. The number of benzene rings is 3. The van der Waals surface area contributed by atoms with Crippen LogP contribution >= 0.6 is 0 Å². The molecule has 62 heavy (non-hydrogen) atoms. The summed E-state index contributed by atoms with van der Waals surface area (Å²) in [7, 11) is 3.35. The van der Waals surface area contributed by atoms with E-state index in [4.69, 9.17) is 14.2 Å². The number of halogens is 7. The zero-order chi connectivity index (χ0) is 45.3. The maximum Gasteiger partial charge on any atom is 0.416 e. The Morgan fingerprint density at radius 3 is 2.08 bits per heavy atom. The normalized spacial score (nSPS) is 20.3. The molecule has 6 rings (SSSR count). The average molecular weight is 879 g/mol. The van der Waals surface area contributed by atoms with Crippen molar-refractivity contribution in [1.29, 1.82) is 0 Å². The Balaban J connectivity index is 1.10. The largest absolute Gasteiger partial charge is 0.444 e. The molecule has 338 valence electrons. The first kappa shape index (κ1) is 46.8. The number of amides is 3. The van der Waals surface area contributed by atoms with Crippen LogP contribution in [0.2, 0.25) is 0 Å². The van der Waals surface area contributed by atoms with Crippen LogP contribution in [0.25, 0.3) is 0 Å². The smallest absolute Gasteiger partial charge is 0.416 e. The Hall–Kier alpha value is -4.74. The van der Waals surface area contributed by atoms with E-state index in [0.29, 0.717) is 76.1 Å². The second-order valence-corrected chi connectivity index (χ2v) is 17.6. The van der Waals surface area contributed by atoms with Crippen molar-refractivity contribution in [3.8, 4) is 0 Å². The molecule has 0 aromatic heterocycles. The molecule has 0 radical (unpaired) electrons. The number of likely N-dealkylation sites (tertiary alicyclic amines) is 1. The number of nitrogens with zero attached hydrogens (tertiary/aromatic N) is 4. The van der Waals surface area contributed by atoms with Gasteiger partial charge in [0, 0.05) is 44.7 Å². The second kappa shape index (κ2) is 18.2. The number of ether oxygens (including phenoxy) is 3. The van der Waals surface area contributed by atoms with Crippen LogP contribution in [0.3, 0.4) is 0 Å². The Morgan fingerprint density at radius 1 is 0.855 bits per heavy atom. The Labute approximate surface area is 356 Å². The Kier molecular flexibility index (Phi) is 13.7. The van der Waals surface area contributed by atoms with Gasteiger partial charge in [-0.2, -0.15) is 26.3 Å². The number of hydrogen-bond donors (Lipinski definition) is 0. The van der Waals surface area contributed by atoms with E-state index in [1.807, 2.05) is 12.1 Å². The fraction of sp³-hybridized carbons (Fsp3) is 0.533. The number of rotatable bonds is 12. The molecule has 1 aliphatic carbocycles. The van der Waals surface area contributed by atoms with Crippen LogP contribution in [0.5, 0.6) is 0 Å². The minimum absolute atomic E-state index is 0.0285. The zero-order valence-electron chi connectivity index (χ0n) is 35.5. The minimum atomic E-state index is -5.13.